The average Bonchev–Trinajstić information content (AvgIpc) is 2.45. The van der Waals surface area contributed by atoms with Crippen LogP contribution in [0.15, 0.2) is 18.2 Å². The molecule has 0 saturated carbocycles. The van der Waals surface area contributed by atoms with Crippen molar-refractivity contribution in [1.29, 1.82) is 10.5 Å². The number of nitriles is 2. The molecule has 1 amide bonds. The third-order valence-electron chi connectivity index (χ3n) is 2.52. The number of anilines is 1. The van der Waals surface area contributed by atoms with Crippen LogP contribution >= 0.6 is 0 Å². The molecule has 1 rings (SSSR count). The van der Waals surface area contributed by atoms with Crippen LogP contribution in [0.5, 0.6) is 0 Å². The van der Waals surface area contributed by atoms with Crippen molar-refractivity contribution in [1.82, 2.24) is 4.90 Å². The number of amides is 1. The van der Waals surface area contributed by atoms with Gasteiger partial charge in [-0.05, 0) is 12.1 Å². The number of nitro benzene ring substituents is 1. The second kappa shape index (κ2) is 6.71. The van der Waals surface area contributed by atoms with Gasteiger partial charge in [-0.2, -0.15) is 10.5 Å². The summed E-state index contributed by atoms with van der Waals surface area (Å²) in [5, 5.41) is 30.8. The quantitative estimate of drug-likeness (QED) is 0.487. The lowest BCUT2D eigenvalue weighted by Gasteiger charge is -2.15. The number of carbonyl (C=O) groups excluding carboxylic acids is 1. The van der Waals surface area contributed by atoms with Gasteiger partial charge in [-0.1, -0.05) is 0 Å². The zero-order chi connectivity index (χ0) is 15.1. The van der Waals surface area contributed by atoms with E-state index in [9.17, 15) is 14.9 Å². The van der Waals surface area contributed by atoms with Gasteiger partial charge < -0.3 is 10.2 Å². The summed E-state index contributed by atoms with van der Waals surface area (Å²) in [4.78, 5) is 23.4. The fraction of sp³-hybridized carbons (Fsp3) is 0.250. The van der Waals surface area contributed by atoms with E-state index in [0.29, 0.717) is 0 Å². The predicted octanol–water partition coefficient (Wildman–Crippen LogP) is 1.13. The molecule has 0 unspecified atom stereocenters. The summed E-state index contributed by atoms with van der Waals surface area (Å²) >= 11 is 0. The molecule has 20 heavy (non-hydrogen) atoms. The molecule has 0 spiro atoms. The van der Waals surface area contributed by atoms with E-state index in [0.717, 1.165) is 11.0 Å². The zero-order valence-corrected chi connectivity index (χ0v) is 10.7. The highest BCUT2D eigenvalue weighted by Gasteiger charge is 2.20. The molecule has 102 valence electrons. The van der Waals surface area contributed by atoms with Crippen LogP contribution < -0.4 is 5.32 Å². The van der Waals surface area contributed by atoms with E-state index in [1.165, 1.54) is 19.2 Å². The Morgan fingerprint density at radius 2 is 2.00 bits per heavy atom. The number of benzene rings is 1. The molecular formula is C12H11N5O3. The van der Waals surface area contributed by atoms with Crippen LogP contribution in [0.4, 0.5) is 11.4 Å². The minimum Gasteiger partial charge on any atom is -0.383 e. The van der Waals surface area contributed by atoms with E-state index in [-0.39, 0.29) is 30.0 Å². The molecule has 0 aliphatic carbocycles. The largest absolute Gasteiger partial charge is 0.383 e. The molecule has 1 aromatic carbocycles. The van der Waals surface area contributed by atoms with Crippen LogP contribution in [-0.4, -0.2) is 35.9 Å². The summed E-state index contributed by atoms with van der Waals surface area (Å²) in [6.45, 7) is -0.512. The predicted molar refractivity (Wildman–Crippen MR) is 69.8 cm³/mol. The van der Waals surface area contributed by atoms with Gasteiger partial charge in [0.05, 0.1) is 17.1 Å². The van der Waals surface area contributed by atoms with Gasteiger partial charge in [-0.25, -0.2) is 0 Å². The van der Waals surface area contributed by atoms with Gasteiger partial charge in [0.2, 0.25) is 0 Å². The van der Waals surface area contributed by atoms with Gasteiger partial charge in [-0.3, -0.25) is 14.9 Å². The van der Waals surface area contributed by atoms with Crippen molar-refractivity contribution in [2.24, 2.45) is 0 Å². The Morgan fingerprint density at radius 3 is 2.45 bits per heavy atom. The van der Waals surface area contributed by atoms with Crippen molar-refractivity contribution in [3.63, 3.8) is 0 Å². The van der Waals surface area contributed by atoms with Gasteiger partial charge >= 0.3 is 0 Å². The third kappa shape index (κ3) is 3.21. The van der Waals surface area contributed by atoms with Gasteiger partial charge in [0.25, 0.3) is 11.6 Å². The normalized spacial score (nSPS) is 9.15. The summed E-state index contributed by atoms with van der Waals surface area (Å²) in [5.41, 5.74) is 0.0899. The highest BCUT2D eigenvalue weighted by atomic mass is 16.6. The molecule has 0 atom stereocenters. The first kappa shape index (κ1) is 14.9. The smallest absolute Gasteiger partial charge is 0.293 e. The molecule has 8 nitrogen and oxygen atoms in total. The number of nitrogens with zero attached hydrogens (tertiary/aromatic N) is 4. The van der Waals surface area contributed by atoms with Gasteiger partial charge in [0, 0.05) is 18.7 Å². The van der Waals surface area contributed by atoms with Crippen LogP contribution in [0.1, 0.15) is 10.4 Å². The summed E-state index contributed by atoms with van der Waals surface area (Å²) < 4.78 is 0. The first-order valence-electron chi connectivity index (χ1n) is 5.54. The Labute approximate surface area is 115 Å². The topological polar surface area (TPSA) is 123 Å². The first-order valence-corrected chi connectivity index (χ1v) is 5.54. The third-order valence-corrected chi connectivity index (χ3v) is 2.52. The van der Waals surface area contributed by atoms with E-state index < -0.39 is 10.8 Å². The molecular weight excluding hydrogens is 262 g/mol. The second-order valence-electron chi connectivity index (χ2n) is 3.72. The molecule has 1 aromatic rings. The Kier molecular flexibility index (Phi) is 5.01. The number of nitro groups is 1. The molecule has 0 aliphatic rings. The Balaban J connectivity index is 3.17. The lowest BCUT2D eigenvalue weighted by atomic mass is 10.1. The number of rotatable bonds is 5. The molecule has 1 N–H and O–H groups in total. The zero-order valence-electron chi connectivity index (χ0n) is 10.7. The monoisotopic (exact) mass is 273 g/mol. The van der Waals surface area contributed by atoms with Crippen LogP contribution in [0.2, 0.25) is 0 Å². The van der Waals surface area contributed by atoms with E-state index in [1.54, 1.807) is 12.1 Å². The maximum absolute atomic E-state index is 12.1. The highest BCUT2D eigenvalue weighted by molar-refractivity contribution is 5.96. The fourth-order valence-electron chi connectivity index (χ4n) is 1.58. The highest BCUT2D eigenvalue weighted by Crippen LogP contribution is 2.25. The summed E-state index contributed by atoms with van der Waals surface area (Å²) in [6.07, 6.45) is 0. The Bertz CT molecular complexity index is 598. The second-order valence-corrected chi connectivity index (χ2v) is 3.72. The molecule has 0 saturated heterocycles. The van der Waals surface area contributed by atoms with Gasteiger partial charge in [0.15, 0.2) is 0 Å². The lowest BCUT2D eigenvalue weighted by Crippen LogP contribution is -2.31. The molecule has 8 heteroatoms. The lowest BCUT2D eigenvalue weighted by molar-refractivity contribution is -0.384. The summed E-state index contributed by atoms with van der Waals surface area (Å²) in [5.74, 6) is -0.598. The van der Waals surface area contributed by atoms with Crippen molar-refractivity contribution in [2.45, 2.75) is 0 Å². The van der Waals surface area contributed by atoms with Crippen LogP contribution in [-0.2, 0) is 0 Å². The maximum Gasteiger partial charge on any atom is 0.293 e. The molecule has 0 bridgehead atoms. The van der Waals surface area contributed by atoms with Crippen LogP contribution in [0.25, 0.3) is 0 Å². The van der Waals surface area contributed by atoms with E-state index >= 15 is 0 Å². The average molecular weight is 273 g/mol. The molecule has 0 aromatic heterocycles. The number of hydrogen-bond donors (Lipinski definition) is 1. The van der Waals surface area contributed by atoms with Gasteiger partial charge in [-0.15, -0.1) is 0 Å². The van der Waals surface area contributed by atoms with Crippen LogP contribution in [0.3, 0.4) is 0 Å². The number of carbonyl (C=O) groups is 1. The summed E-state index contributed by atoms with van der Waals surface area (Å²) in [7, 11) is 1.53. The number of hydrogen-bond acceptors (Lipinski definition) is 6. The number of nitrogens with one attached hydrogen (secondary N) is 1. The minimum atomic E-state index is -0.610. The van der Waals surface area contributed by atoms with E-state index in [1.807, 2.05) is 0 Å². The Morgan fingerprint density at radius 1 is 1.40 bits per heavy atom. The van der Waals surface area contributed by atoms with Crippen LogP contribution in [0, 0.1) is 32.8 Å². The Hall–Kier alpha value is -3.13. The van der Waals surface area contributed by atoms with Crippen molar-refractivity contribution in [3.05, 3.63) is 33.9 Å². The molecule has 0 aliphatic heterocycles. The molecule has 0 radical (unpaired) electrons. The fourth-order valence-corrected chi connectivity index (χ4v) is 1.58. The SMILES string of the molecule is CNc1ccc(C(=O)N(CC#N)CC#N)cc1[N+](=O)[O-]. The molecule has 0 fully saturated rings. The maximum atomic E-state index is 12.1. The van der Waals surface area contributed by atoms with Crippen molar-refractivity contribution in [2.75, 3.05) is 25.5 Å². The van der Waals surface area contributed by atoms with Crippen molar-refractivity contribution in [3.8, 4) is 12.1 Å². The first-order chi connectivity index (χ1) is 9.54. The molecule has 0 heterocycles. The van der Waals surface area contributed by atoms with Gasteiger partial charge in [0.1, 0.15) is 18.8 Å². The van der Waals surface area contributed by atoms with E-state index in [4.69, 9.17) is 10.5 Å². The van der Waals surface area contributed by atoms with Crippen molar-refractivity contribution < 1.29 is 9.72 Å². The van der Waals surface area contributed by atoms with Crippen molar-refractivity contribution >= 4 is 17.3 Å². The minimum absolute atomic E-state index is 0.0567. The summed E-state index contributed by atoms with van der Waals surface area (Å²) in [6, 6.07) is 7.47. The van der Waals surface area contributed by atoms with E-state index in [2.05, 4.69) is 5.32 Å². The standard InChI is InChI=1S/C12H11N5O3/c1-15-10-3-2-9(8-11(10)17(19)20)12(18)16(6-4-13)7-5-14/h2-3,8,15H,6-7H2,1H3.